The molecule has 4 rings (SSSR count). The van der Waals surface area contributed by atoms with E-state index in [9.17, 15) is 0 Å². The molecule has 0 aliphatic heterocycles. The summed E-state index contributed by atoms with van der Waals surface area (Å²) in [6, 6.07) is 25.5. The van der Waals surface area contributed by atoms with Crippen LogP contribution in [0, 0.1) is 0 Å². The van der Waals surface area contributed by atoms with Crippen LogP contribution in [0.4, 0.5) is 0 Å². The Hall–Kier alpha value is -2.06. The molecular weight excluding hydrogens is 310 g/mol. The Labute approximate surface area is 125 Å². The summed E-state index contributed by atoms with van der Waals surface area (Å²) in [5, 5.41) is 2.59. The Bertz CT molecular complexity index is 868. The molecule has 0 fully saturated rings. The van der Waals surface area contributed by atoms with Gasteiger partial charge in [-0.1, -0.05) is 58.4 Å². The zero-order valence-corrected chi connectivity index (χ0v) is 12.3. The largest absolute Gasteiger partial charge is 0.309 e. The van der Waals surface area contributed by atoms with Gasteiger partial charge in [-0.15, -0.1) is 0 Å². The lowest BCUT2D eigenvalue weighted by Crippen LogP contribution is -1.93. The molecule has 0 atom stereocenters. The lowest BCUT2D eigenvalue weighted by molar-refractivity contribution is 1.18. The van der Waals surface area contributed by atoms with Gasteiger partial charge in [0.2, 0.25) is 0 Å². The van der Waals surface area contributed by atoms with Gasteiger partial charge in [0, 0.05) is 20.9 Å². The van der Waals surface area contributed by atoms with Crippen molar-refractivity contribution in [3.63, 3.8) is 0 Å². The maximum atomic E-state index is 3.56. The Morgan fingerprint density at radius 2 is 1.25 bits per heavy atom. The number of rotatable bonds is 1. The van der Waals surface area contributed by atoms with Gasteiger partial charge in [-0.05, 0) is 30.3 Å². The third-order valence-electron chi connectivity index (χ3n) is 3.65. The smallest absolute Gasteiger partial charge is 0.0541 e. The van der Waals surface area contributed by atoms with Crippen molar-refractivity contribution in [1.29, 1.82) is 0 Å². The van der Waals surface area contributed by atoms with Crippen LogP contribution in [0.15, 0.2) is 77.3 Å². The van der Waals surface area contributed by atoms with Gasteiger partial charge in [0.15, 0.2) is 0 Å². The van der Waals surface area contributed by atoms with Crippen molar-refractivity contribution in [2.75, 3.05) is 0 Å². The third-order valence-corrected chi connectivity index (χ3v) is 4.14. The summed E-state index contributed by atoms with van der Waals surface area (Å²) in [5.41, 5.74) is 3.66. The molecule has 0 aliphatic rings. The molecule has 1 nitrogen and oxygen atoms in total. The van der Waals surface area contributed by atoms with Crippen LogP contribution < -0.4 is 0 Å². The van der Waals surface area contributed by atoms with Crippen LogP contribution >= 0.6 is 15.9 Å². The first-order valence-electron chi connectivity index (χ1n) is 6.59. The van der Waals surface area contributed by atoms with Crippen molar-refractivity contribution in [1.82, 2.24) is 4.57 Å². The van der Waals surface area contributed by atoms with Crippen LogP contribution in [-0.2, 0) is 0 Å². The maximum Gasteiger partial charge on any atom is 0.0541 e. The molecule has 96 valence electrons. The first-order valence-corrected chi connectivity index (χ1v) is 7.38. The van der Waals surface area contributed by atoms with Gasteiger partial charge in [-0.3, -0.25) is 0 Å². The van der Waals surface area contributed by atoms with Gasteiger partial charge in [0.25, 0.3) is 0 Å². The van der Waals surface area contributed by atoms with Gasteiger partial charge in [-0.25, -0.2) is 0 Å². The van der Waals surface area contributed by atoms with E-state index in [1.807, 2.05) is 0 Å². The zero-order valence-electron chi connectivity index (χ0n) is 10.8. The average Bonchev–Trinajstić information content (AvgIpc) is 2.82. The van der Waals surface area contributed by atoms with Gasteiger partial charge in [0.1, 0.15) is 0 Å². The summed E-state index contributed by atoms with van der Waals surface area (Å²) >= 11 is 3.56. The van der Waals surface area contributed by atoms with E-state index in [4.69, 9.17) is 0 Å². The first-order chi connectivity index (χ1) is 9.84. The second-order valence-electron chi connectivity index (χ2n) is 4.85. The Morgan fingerprint density at radius 1 is 0.650 bits per heavy atom. The summed E-state index contributed by atoms with van der Waals surface area (Å²) in [5.74, 6) is 0. The Kier molecular flexibility index (Phi) is 2.64. The fourth-order valence-corrected chi connectivity index (χ4v) is 3.20. The third kappa shape index (κ3) is 1.69. The fraction of sp³-hybridized carbons (Fsp3) is 0. The standard InChI is InChI=1S/C18H12BrN/c19-13-6-5-7-14(12-13)20-17-10-3-1-8-15(17)16-9-2-4-11-18(16)20/h1-12H. The molecular formula is C18H12BrN. The SMILES string of the molecule is Brc1cccc(-n2c3ccccc3c3ccccc32)c1. The second-order valence-corrected chi connectivity index (χ2v) is 5.77. The molecule has 1 aromatic heterocycles. The molecule has 1 heterocycles. The van der Waals surface area contributed by atoms with E-state index in [2.05, 4.69) is 93.3 Å². The second kappa shape index (κ2) is 4.50. The van der Waals surface area contributed by atoms with Gasteiger partial charge in [0.05, 0.1) is 11.0 Å². The molecule has 0 radical (unpaired) electrons. The highest BCUT2D eigenvalue weighted by atomic mass is 79.9. The number of halogens is 1. The van der Waals surface area contributed by atoms with Crippen LogP contribution in [0.25, 0.3) is 27.5 Å². The summed E-state index contributed by atoms with van der Waals surface area (Å²) < 4.78 is 3.41. The minimum Gasteiger partial charge on any atom is -0.309 e. The van der Waals surface area contributed by atoms with E-state index >= 15 is 0 Å². The quantitative estimate of drug-likeness (QED) is 0.433. The first kappa shape index (κ1) is 11.7. The predicted octanol–water partition coefficient (Wildman–Crippen LogP) is 5.55. The van der Waals surface area contributed by atoms with Crippen LogP contribution in [0.1, 0.15) is 0 Å². The molecule has 0 saturated carbocycles. The number of benzene rings is 3. The fourth-order valence-electron chi connectivity index (χ4n) is 2.82. The summed E-state index contributed by atoms with van der Waals surface area (Å²) in [7, 11) is 0. The molecule has 20 heavy (non-hydrogen) atoms. The van der Waals surface area contributed by atoms with Crippen molar-refractivity contribution in [2.24, 2.45) is 0 Å². The number of fused-ring (bicyclic) bond motifs is 3. The highest BCUT2D eigenvalue weighted by Crippen LogP contribution is 2.32. The van der Waals surface area contributed by atoms with Crippen molar-refractivity contribution in [3.05, 3.63) is 77.3 Å². The zero-order chi connectivity index (χ0) is 13.5. The predicted molar refractivity (Wildman–Crippen MR) is 88.5 cm³/mol. The number of nitrogens with zero attached hydrogens (tertiary/aromatic N) is 1. The van der Waals surface area contributed by atoms with E-state index < -0.39 is 0 Å². The lowest BCUT2D eigenvalue weighted by atomic mass is 10.2. The van der Waals surface area contributed by atoms with E-state index in [1.165, 1.54) is 27.5 Å². The summed E-state index contributed by atoms with van der Waals surface area (Å²) in [6.07, 6.45) is 0. The average molecular weight is 322 g/mol. The van der Waals surface area contributed by atoms with Crippen molar-refractivity contribution >= 4 is 37.7 Å². The molecule has 0 unspecified atom stereocenters. The van der Waals surface area contributed by atoms with Crippen molar-refractivity contribution in [3.8, 4) is 5.69 Å². The monoisotopic (exact) mass is 321 g/mol. The van der Waals surface area contributed by atoms with Gasteiger partial charge in [-0.2, -0.15) is 0 Å². The number of aromatic nitrogens is 1. The number of hydrogen-bond acceptors (Lipinski definition) is 0. The van der Waals surface area contributed by atoms with Crippen LogP contribution in [0.3, 0.4) is 0 Å². The molecule has 0 aliphatic carbocycles. The maximum absolute atomic E-state index is 3.56. The molecule has 0 N–H and O–H groups in total. The topological polar surface area (TPSA) is 4.93 Å². The van der Waals surface area contributed by atoms with Crippen LogP contribution in [0.5, 0.6) is 0 Å². The summed E-state index contributed by atoms with van der Waals surface area (Å²) in [4.78, 5) is 0. The number of hydrogen-bond donors (Lipinski definition) is 0. The van der Waals surface area contributed by atoms with E-state index in [0.717, 1.165) is 4.47 Å². The normalized spacial score (nSPS) is 11.2. The van der Waals surface area contributed by atoms with E-state index in [-0.39, 0.29) is 0 Å². The van der Waals surface area contributed by atoms with E-state index in [0.29, 0.717) is 0 Å². The molecule has 4 aromatic rings. The van der Waals surface area contributed by atoms with Crippen LogP contribution in [-0.4, -0.2) is 4.57 Å². The molecule has 0 spiro atoms. The Balaban J connectivity index is 2.21. The highest BCUT2D eigenvalue weighted by molar-refractivity contribution is 9.10. The minimum atomic E-state index is 1.09. The van der Waals surface area contributed by atoms with Gasteiger partial charge < -0.3 is 4.57 Å². The molecule has 0 amide bonds. The molecule has 2 heteroatoms. The summed E-state index contributed by atoms with van der Waals surface area (Å²) in [6.45, 7) is 0. The van der Waals surface area contributed by atoms with Crippen molar-refractivity contribution < 1.29 is 0 Å². The number of para-hydroxylation sites is 2. The highest BCUT2D eigenvalue weighted by Gasteiger charge is 2.10. The van der Waals surface area contributed by atoms with Crippen molar-refractivity contribution in [2.45, 2.75) is 0 Å². The molecule has 3 aromatic carbocycles. The molecule has 0 bridgehead atoms. The van der Waals surface area contributed by atoms with Crippen LogP contribution in [0.2, 0.25) is 0 Å². The lowest BCUT2D eigenvalue weighted by Gasteiger charge is -2.07. The van der Waals surface area contributed by atoms with Gasteiger partial charge >= 0.3 is 0 Å². The Morgan fingerprint density at radius 3 is 1.85 bits per heavy atom. The van der Waals surface area contributed by atoms with E-state index in [1.54, 1.807) is 0 Å². The minimum absolute atomic E-state index is 1.09. The molecule has 0 saturated heterocycles.